The van der Waals surface area contributed by atoms with Gasteiger partial charge in [-0.2, -0.15) is 0 Å². The number of furan rings is 1. The molecular weight excluding hydrogens is 328 g/mol. The number of likely N-dealkylation sites (tertiary alicyclic amines) is 1. The fraction of sp³-hybridized carbons (Fsp3) is 0.312. The molecule has 0 saturated carbocycles. The first-order valence-corrected chi connectivity index (χ1v) is 8.63. The predicted molar refractivity (Wildman–Crippen MR) is 88.9 cm³/mol. The topological polar surface area (TPSA) is 84.4 Å². The van der Waals surface area contributed by atoms with Crippen molar-refractivity contribution in [3.8, 4) is 11.5 Å². The van der Waals surface area contributed by atoms with Gasteiger partial charge in [-0.15, -0.1) is 21.5 Å². The molecule has 1 N–H and O–H groups in total. The van der Waals surface area contributed by atoms with Crippen molar-refractivity contribution in [1.82, 2.24) is 15.1 Å². The Hall–Kier alpha value is -2.61. The number of nitrogens with one attached hydrogen (secondary N) is 1. The number of aromatic nitrogens is 2. The van der Waals surface area contributed by atoms with Crippen LogP contribution in [0.5, 0.6) is 0 Å². The van der Waals surface area contributed by atoms with Gasteiger partial charge in [0, 0.05) is 19.0 Å². The highest BCUT2D eigenvalue weighted by Gasteiger charge is 2.27. The van der Waals surface area contributed by atoms with E-state index in [-0.39, 0.29) is 11.9 Å². The van der Waals surface area contributed by atoms with E-state index in [0.29, 0.717) is 24.9 Å². The van der Waals surface area contributed by atoms with Crippen LogP contribution in [0.1, 0.15) is 24.7 Å². The zero-order chi connectivity index (χ0) is 16.4. The van der Waals surface area contributed by atoms with Crippen LogP contribution >= 0.6 is 11.3 Å². The molecule has 1 saturated heterocycles. The van der Waals surface area contributed by atoms with Crippen molar-refractivity contribution >= 4 is 22.4 Å². The summed E-state index contributed by atoms with van der Waals surface area (Å²) in [7, 11) is 0. The summed E-state index contributed by atoms with van der Waals surface area (Å²) in [6.07, 6.45) is 4.77. The number of thiophene rings is 1. The van der Waals surface area contributed by atoms with Crippen molar-refractivity contribution in [2.75, 3.05) is 18.4 Å². The minimum Gasteiger partial charge on any atom is -0.472 e. The highest BCUT2D eigenvalue weighted by Crippen LogP contribution is 2.29. The number of amides is 2. The van der Waals surface area contributed by atoms with Crippen molar-refractivity contribution < 1.29 is 13.6 Å². The second kappa shape index (κ2) is 6.48. The van der Waals surface area contributed by atoms with Crippen molar-refractivity contribution in [3.63, 3.8) is 0 Å². The van der Waals surface area contributed by atoms with Gasteiger partial charge in [0.2, 0.25) is 5.89 Å². The van der Waals surface area contributed by atoms with Crippen LogP contribution in [0.3, 0.4) is 0 Å². The molecule has 0 aliphatic carbocycles. The van der Waals surface area contributed by atoms with E-state index in [1.54, 1.807) is 18.6 Å². The van der Waals surface area contributed by atoms with Gasteiger partial charge in [0.15, 0.2) is 0 Å². The van der Waals surface area contributed by atoms with Crippen LogP contribution in [-0.2, 0) is 0 Å². The SMILES string of the molecule is O=C(Nc1cccs1)N1CCC(c2nnc(-c3ccoc3)o2)CC1. The molecule has 3 aromatic heterocycles. The van der Waals surface area contributed by atoms with Crippen LogP contribution in [0.15, 0.2) is 44.9 Å². The molecule has 0 aromatic carbocycles. The number of hydrogen-bond donors (Lipinski definition) is 1. The lowest BCUT2D eigenvalue weighted by Gasteiger charge is -2.30. The number of rotatable bonds is 3. The first-order valence-electron chi connectivity index (χ1n) is 7.75. The number of anilines is 1. The first kappa shape index (κ1) is 14.9. The summed E-state index contributed by atoms with van der Waals surface area (Å²) in [6.45, 7) is 1.34. The minimum absolute atomic E-state index is 0.0551. The van der Waals surface area contributed by atoms with Gasteiger partial charge in [0.1, 0.15) is 6.26 Å². The smallest absolute Gasteiger partial charge is 0.322 e. The van der Waals surface area contributed by atoms with E-state index in [0.717, 1.165) is 23.4 Å². The molecule has 1 aliphatic heterocycles. The average Bonchev–Trinajstić information content (AvgIpc) is 3.36. The lowest BCUT2D eigenvalue weighted by molar-refractivity contribution is 0.190. The third-order valence-corrected chi connectivity index (χ3v) is 4.88. The fourth-order valence-electron chi connectivity index (χ4n) is 2.77. The fourth-order valence-corrected chi connectivity index (χ4v) is 3.37. The quantitative estimate of drug-likeness (QED) is 0.781. The van der Waals surface area contributed by atoms with Crippen LogP contribution in [0.25, 0.3) is 11.5 Å². The lowest BCUT2D eigenvalue weighted by Crippen LogP contribution is -2.40. The van der Waals surface area contributed by atoms with E-state index in [1.165, 1.54) is 11.3 Å². The molecule has 24 heavy (non-hydrogen) atoms. The summed E-state index contributed by atoms with van der Waals surface area (Å²) in [4.78, 5) is 14.1. The van der Waals surface area contributed by atoms with Crippen molar-refractivity contribution in [2.24, 2.45) is 0 Å². The number of urea groups is 1. The Morgan fingerprint density at radius 1 is 1.29 bits per heavy atom. The van der Waals surface area contributed by atoms with Gasteiger partial charge in [-0.3, -0.25) is 5.32 Å². The van der Waals surface area contributed by atoms with E-state index in [2.05, 4.69) is 15.5 Å². The molecule has 4 heterocycles. The molecule has 8 heteroatoms. The molecule has 3 aromatic rings. The normalized spacial score (nSPS) is 15.6. The van der Waals surface area contributed by atoms with E-state index >= 15 is 0 Å². The molecule has 0 spiro atoms. The van der Waals surface area contributed by atoms with Crippen molar-refractivity contribution in [3.05, 3.63) is 42.0 Å². The number of nitrogens with zero attached hydrogens (tertiary/aromatic N) is 3. The Balaban J connectivity index is 1.35. The maximum atomic E-state index is 12.2. The van der Waals surface area contributed by atoms with Crippen molar-refractivity contribution in [1.29, 1.82) is 0 Å². The van der Waals surface area contributed by atoms with E-state index in [9.17, 15) is 4.79 Å². The maximum absolute atomic E-state index is 12.2. The number of carbonyl (C=O) groups is 1. The highest BCUT2D eigenvalue weighted by atomic mass is 32.1. The van der Waals surface area contributed by atoms with Crippen LogP contribution < -0.4 is 5.32 Å². The van der Waals surface area contributed by atoms with Crippen LogP contribution in [0.4, 0.5) is 9.80 Å². The molecule has 124 valence electrons. The molecule has 0 atom stereocenters. The monoisotopic (exact) mass is 344 g/mol. The minimum atomic E-state index is -0.0551. The van der Waals surface area contributed by atoms with Gasteiger partial charge < -0.3 is 13.7 Å². The van der Waals surface area contributed by atoms with E-state index < -0.39 is 0 Å². The van der Waals surface area contributed by atoms with Gasteiger partial charge in [-0.25, -0.2) is 4.79 Å². The molecule has 1 fully saturated rings. The lowest BCUT2D eigenvalue weighted by atomic mass is 9.97. The molecule has 7 nitrogen and oxygen atoms in total. The Morgan fingerprint density at radius 3 is 2.88 bits per heavy atom. The Kier molecular flexibility index (Phi) is 4.04. The Labute approximate surface area is 142 Å². The van der Waals surface area contributed by atoms with Crippen molar-refractivity contribution in [2.45, 2.75) is 18.8 Å². The second-order valence-electron chi connectivity index (χ2n) is 5.63. The molecule has 4 rings (SSSR count). The van der Waals surface area contributed by atoms with E-state index in [4.69, 9.17) is 8.83 Å². The summed E-state index contributed by atoms with van der Waals surface area (Å²) in [5.41, 5.74) is 0.779. The maximum Gasteiger partial charge on any atom is 0.322 e. The van der Waals surface area contributed by atoms with Gasteiger partial charge in [0.05, 0.1) is 16.8 Å². The zero-order valence-electron chi connectivity index (χ0n) is 12.8. The average molecular weight is 344 g/mol. The molecule has 1 aliphatic rings. The van der Waals surface area contributed by atoms with Gasteiger partial charge in [-0.1, -0.05) is 0 Å². The summed E-state index contributed by atoms with van der Waals surface area (Å²) in [5.74, 6) is 1.28. The standard InChI is InChI=1S/C16H16N4O3S/c21-16(17-13-2-1-9-24-13)20-6-3-11(4-7-20)14-18-19-15(23-14)12-5-8-22-10-12/h1-2,5,8-11H,3-4,6-7H2,(H,17,21). The zero-order valence-corrected chi connectivity index (χ0v) is 13.7. The Morgan fingerprint density at radius 2 is 2.17 bits per heavy atom. The molecule has 2 amide bonds. The van der Waals surface area contributed by atoms with Crippen LogP contribution in [0.2, 0.25) is 0 Å². The predicted octanol–water partition coefficient (Wildman–Crippen LogP) is 3.80. The van der Waals surface area contributed by atoms with Gasteiger partial charge in [0.25, 0.3) is 5.89 Å². The second-order valence-corrected chi connectivity index (χ2v) is 6.57. The third-order valence-electron chi connectivity index (χ3n) is 4.09. The molecule has 0 bridgehead atoms. The number of hydrogen-bond acceptors (Lipinski definition) is 6. The van der Waals surface area contributed by atoms with Gasteiger partial charge >= 0.3 is 6.03 Å². The molecule has 0 unspecified atom stereocenters. The molecular formula is C16H16N4O3S. The number of piperidine rings is 1. The first-order chi connectivity index (χ1) is 11.8. The van der Waals surface area contributed by atoms with Crippen LogP contribution in [-0.4, -0.2) is 34.2 Å². The largest absolute Gasteiger partial charge is 0.472 e. The van der Waals surface area contributed by atoms with E-state index in [1.807, 2.05) is 22.4 Å². The summed E-state index contributed by atoms with van der Waals surface area (Å²) < 4.78 is 10.8. The van der Waals surface area contributed by atoms with Gasteiger partial charge in [-0.05, 0) is 36.4 Å². The summed E-state index contributed by atoms with van der Waals surface area (Å²) >= 11 is 1.51. The summed E-state index contributed by atoms with van der Waals surface area (Å²) in [5, 5.41) is 13.9. The third kappa shape index (κ3) is 3.05. The summed E-state index contributed by atoms with van der Waals surface area (Å²) in [6, 6.07) is 5.54. The Bertz CT molecular complexity index is 789. The molecule has 0 radical (unpaired) electrons. The highest BCUT2D eigenvalue weighted by molar-refractivity contribution is 7.14. The number of carbonyl (C=O) groups excluding carboxylic acids is 1. The van der Waals surface area contributed by atoms with Crippen LogP contribution in [0, 0.1) is 0 Å².